The summed E-state index contributed by atoms with van der Waals surface area (Å²) in [7, 11) is 0. The minimum atomic E-state index is -0.898. The van der Waals surface area contributed by atoms with Gasteiger partial charge in [-0.3, -0.25) is 0 Å². The van der Waals surface area contributed by atoms with E-state index in [9.17, 15) is 4.39 Å². The average Bonchev–Trinajstić information content (AvgIpc) is 2.16. The van der Waals surface area contributed by atoms with Crippen LogP contribution in [0.2, 0.25) is 5.02 Å². The molecule has 0 radical (unpaired) electrons. The molecule has 0 aliphatic heterocycles. The summed E-state index contributed by atoms with van der Waals surface area (Å²) in [5.74, 6) is -0.484. The van der Waals surface area contributed by atoms with Gasteiger partial charge in [0, 0.05) is 11.6 Å². The fraction of sp³-hybridized carbons (Fsp3) is 0.333. The summed E-state index contributed by atoms with van der Waals surface area (Å²) in [5.41, 5.74) is 0.252. The number of hydrogen-bond acceptors (Lipinski definition) is 3. The summed E-state index contributed by atoms with van der Waals surface area (Å²) < 4.78 is 13.1. The zero-order chi connectivity index (χ0) is 10.6. The summed E-state index contributed by atoms with van der Waals surface area (Å²) in [6.45, 7) is -0.267. The van der Waals surface area contributed by atoms with Crippen molar-refractivity contribution < 1.29 is 14.6 Å². The zero-order valence-corrected chi connectivity index (χ0v) is 8.13. The largest absolute Gasteiger partial charge is 0.394 e. The molecule has 0 saturated carbocycles. The number of hydrogen-bond donors (Lipinski definition) is 3. The van der Waals surface area contributed by atoms with Crippen molar-refractivity contribution >= 4 is 17.3 Å². The first-order valence-corrected chi connectivity index (χ1v) is 4.49. The van der Waals surface area contributed by atoms with E-state index < -0.39 is 11.9 Å². The second-order valence-electron chi connectivity index (χ2n) is 2.84. The molecule has 0 fully saturated rings. The van der Waals surface area contributed by atoms with E-state index in [-0.39, 0.29) is 18.8 Å². The Labute approximate surface area is 86.1 Å². The normalized spacial score (nSPS) is 12.6. The van der Waals surface area contributed by atoms with E-state index in [1.54, 1.807) is 0 Å². The number of benzene rings is 1. The van der Waals surface area contributed by atoms with Crippen molar-refractivity contribution in [2.24, 2.45) is 0 Å². The Morgan fingerprint density at radius 1 is 1.50 bits per heavy atom. The maximum absolute atomic E-state index is 13.1. The first-order chi connectivity index (χ1) is 6.63. The number of aliphatic hydroxyl groups is 2. The molecule has 1 atom stereocenters. The van der Waals surface area contributed by atoms with Gasteiger partial charge in [0.25, 0.3) is 0 Å². The highest BCUT2D eigenvalue weighted by Crippen LogP contribution is 2.18. The molecule has 1 rings (SSSR count). The Bertz CT molecular complexity index is 309. The highest BCUT2D eigenvalue weighted by molar-refractivity contribution is 6.30. The molecular weight excluding hydrogens is 209 g/mol. The van der Waals surface area contributed by atoms with Crippen LogP contribution >= 0.6 is 11.6 Å². The summed E-state index contributed by atoms with van der Waals surface area (Å²) in [5, 5.41) is 20.5. The molecule has 0 unspecified atom stereocenters. The van der Waals surface area contributed by atoms with Crippen LogP contribution in [0.15, 0.2) is 18.2 Å². The molecule has 1 aromatic carbocycles. The van der Waals surface area contributed by atoms with Crippen LogP contribution in [0.3, 0.4) is 0 Å². The molecular formula is C9H11ClFNO2. The van der Waals surface area contributed by atoms with Gasteiger partial charge in [-0.25, -0.2) is 4.39 Å². The second-order valence-corrected chi connectivity index (χ2v) is 3.28. The smallest absolute Gasteiger partial charge is 0.147 e. The van der Waals surface area contributed by atoms with Crippen LogP contribution in [-0.2, 0) is 0 Å². The maximum atomic E-state index is 13.1. The predicted molar refractivity (Wildman–Crippen MR) is 53.0 cm³/mol. The van der Waals surface area contributed by atoms with Crippen LogP contribution < -0.4 is 5.32 Å². The highest BCUT2D eigenvalue weighted by atomic mass is 35.5. The van der Waals surface area contributed by atoms with Crippen LogP contribution in [0.4, 0.5) is 10.1 Å². The van der Waals surface area contributed by atoms with Crippen molar-refractivity contribution in [3.05, 3.63) is 29.0 Å². The molecule has 14 heavy (non-hydrogen) atoms. The lowest BCUT2D eigenvalue weighted by atomic mass is 10.3. The Hall–Kier alpha value is -0.840. The fourth-order valence-corrected chi connectivity index (χ4v) is 1.08. The predicted octanol–water partition coefficient (Wildman–Crippen LogP) is 1.24. The van der Waals surface area contributed by atoms with Crippen molar-refractivity contribution in [1.82, 2.24) is 0 Å². The Morgan fingerprint density at radius 3 is 2.79 bits per heavy atom. The lowest BCUT2D eigenvalue weighted by Gasteiger charge is -2.10. The Kier molecular flexibility index (Phi) is 4.13. The molecule has 3 nitrogen and oxygen atoms in total. The lowest BCUT2D eigenvalue weighted by molar-refractivity contribution is 0.105. The molecule has 0 aliphatic rings. The third-order valence-electron chi connectivity index (χ3n) is 1.67. The van der Waals surface area contributed by atoms with Gasteiger partial charge in [-0.2, -0.15) is 0 Å². The van der Waals surface area contributed by atoms with Crippen molar-refractivity contribution in [2.45, 2.75) is 6.10 Å². The molecule has 0 spiro atoms. The van der Waals surface area contributed by atoms with Crippen molar-refractivity contribution in [3.8, 4) is 0 Å². The summed E-state index contributed by atoms with van der Waals surface area (Å²) in [6, 6.07) is 4.19. The van der Waals surface area contributed by atoms with Crippen molar-refractivity contribution in [2.75, 3.05) is 18.5 Å². The second kappa shape index (κ2) is 5.14. The quantitative estimate of drug-likeness (QED) is 0.714. The van der Waals surface area contributed by atoms with Crippen molar-refractivity contribution in [3.63, 3.8) is 0 Å². The van der Waals surface area contributed by atoms with E-state index in [2.05, 4.69) is 5.32 Å². The lowest BCUT2D eigenvalue weighted by Crippen LogP contribution is -2.23. The topological polar surface area (TPSA) is 52.5 Å². The van der Waals surface area contributed by atoms with E-state index in [0.717, 1.165) is 0 Å². The van der Waals surface area contributed by atoms with Crippen LogP contribution in [0.1, 0.15) is 0 Å². The summed E-state index contributed by atoms with van der Waals surface area (Å²) in [4.78, 5) is 0. The molecule has 0 aliphatic carbocycles. The number of halogens is 2. The van der Waals surface area contributed by atoms with Gasteiger partial charge in [0.05, 0.1) is 18.4 Å². The molecule has 0 aromatic heterocycles. The van der Waals surface area contributed by atoms with E-state index in [0.29, 0.717) is 5.02 Å². The third-order valence-corrected chi connectivity index (χ3v) is 1.91. The van der Waals surface area contributed by atoms with E-state index >= 15 is 0 Å². The van der Waals surface area contributed by atoms with Crippen LogP contribution in [0, 0.1) is 5.82 Å². The first kappa shape index (κ1) is 11.2. The molecule has 0 heterocycles. The number of anilines is 1. The van der Waals surface area contributed by atoms with Gasteiger partial charge in [0.1, 0.15) is 5.82 Å². The molecule has 3 N–H and O–H groups in total. The van der Waals surface area contributed by atoms with Crippen molar-refractivity contribution in [1.29, 1.82) is 0 Å². The number of aliphatic hydroxyl groups excluding tert-OH is 2. The standard InChI is InChI=1S/C9H11ClFNO2/c10-6-1-2-9(8(11)3-6)12-4-7(14)5-13/h1-3,7,12-14H,4-5H2/t7-/m0/s1. The molecule has 78 valence electrons. The van der Waals surface area contributed by atoms with Gasteiger partial charge >= 0.3 is 0 Å². The molecule has 0 amide bonds. The van der Waals surface area contributed by atoms with Gasteiger partial charge in [-0.05, 0) is 18.2 Å². The Morgan fingerprint density at radius 2 is 2.21 bits per heavy atom. The maximum Gasteiger partial charge on any atom is 0.147 e. The SMILES string of the molecule is OC[C@@H](O)CNc1ccc(Cl)cc1F. The van der Waals surface area contributed by atoms with Crippen LogP contribution in [0.25, 0.3) is 0 Å². The van der Waals surface area contributed by atoms with Gasteiger partial charge in [0.2, 0.25) is 0 Å². The monoisotopic (exact) mass is 219 g/mol. The summed E-state index contributed by atoms with van der Waals surface area (Å²) >= 11 is 5.55. The summed E-state index contributed by atoms with van der Waals surface area (Å²) in [6.07, 6.45) is -0.898. The highest BCUT2D eigenvalue weighted by Gasteiger charge is 2.05. The van der Waals surface area contributed by atoms with Gasteiger partial charge in [-0.15, -0.1) is 0 Å². The molecule has 5 heteroatoms. The van der Waals surface area contributed by atoms with Crippen LogP contribution in [-0.4, -0.2) is 29.5 Å². The average molecular weight is 220 g/mol. The van der Waals surface area contributed by atoms with Gasteiger partial charge in [-0.1, -0.05) is 11.6 Å². The molecule has 0 saturated heterocycles. The third kappa shape index (κ3) is 3.14. The fourth-order valence-electron chi connectivity index (χ4n) is 0.925. The first-order valence-electron chi connectivity index (χ1n) is 4.11. The van der Waals surface area contributed by atoms with Gasteiger partial charge < -0.3 is 15.5 Å². The zero-order valence-electron chi connectivity index (χ0n) is 7.37. The Balaban J connectivity index is 2.59. The minimum Gasteiger partial charge on any atom is -0.394 e. The van der Waals surface area contributed by atoms with E-state index in [1.165, 1.54) is 18.2 Å². The minimum absolute atomic E-state index is 0.0923. The molecule has 0 bridgehead atoms. The number of rotatable bonds is 4. The van der Waals surface area contributed by atoms with E-state index in [1.807, 2.05) is 0 Å². The molecule has 1 aromatic rings. The van der Waals surface area contributed by atoms with Gasteiger partial charge in [0.15, 0.2) is 0 Å². The number of nitrogens with one attached hydrogen (secondary N) is 1. The van der Waals surface area contributed by atoms with Crippen LogP contribution in [0.5, 0.6) is 0 Å². The van der Waals surface area contributed by atoms with E-state index in [4.69, 9.17) is 21.8 Å².